The Hall–Kier alpha value is -1.66. The Balaban J connectivity index is 3.39. The first kappa shape index (κ1) is 83.3. The van der Waals surface area contributed by atoms with E-state index in [9.17, 15) is 19.8 Å². The first-order valence-corrected chi connectivity index (χ1v) is 39.1. The Morgan fingerprint density at radius 1 is 0.318 bits per heavy atom. The summed E-state index contributed by atoms with van der Waals surface area (Å²) in [5, 5.41) is 23.5. The van der Waals surface area contributed by atoms with Crippen molar-refractivity contribution >= 4 is 11.9 Å². The number of hydrogen-bond donors (Lipinski definition) is 3. The summed E-state index contributed by atoms with van der Waals surface area (Å²) in [6.45, 7) is 5.00. The molecule has 0 saturated heterocycles. The molecule has 0 heterocycles. The predicted octanol–water partition coefficient (Wildman–Crippen LogP) is 25.7. The SMILES string of the molecule is CCCCCCCCC/C=C\CCCCCCCCCC(=O)OCCCCCCCCCCCCCC/C=C\CCCCCCCCCCCC(=O)NC(CO)C(O)CCCCCCCCCCCCCCCCCCCCCCCCCCC. The molecule has 0 bridgehead atoms. The van der Waals surface area contributed by atoms with Crippen molar-refractivity contribution in [1.29, 1.82) is 0 Å². The Morgan fingerprint density at radius 2 is 0.553 bits per heavy atom. The van der Waals surface area contributed by atoms with Crippen LogP contribution in [0.1, 0.15) is 444 Å². The highest BCUT2D eigenvalue weighted by Crippen LogP contribution is 2.20. The van der Waals surface area contributed by atoms with Crippen molar-refractivity contribution in [3.8, 4) is 0 Å². The number of aliphatic hydroxyl groups excluding tert-OH is 2. The standard InChI is InChI=1S/C79H153NO5/c1-3-5-7-9-11-13-15-17-19-21-23-24-25-27-30-33-36-39-43-47-51-55-59-63-67-71-77(82)76(75-81)80-78(83)72-68-64-60-56-52-48-44-40-37-34-31-28-26-29-32-35-38-42-46-50-54-58-62-66-70-74-85-79(84)73-69-65-61-57-53-49-45-41-22-20-18-16-14-12-10-8-6-4-2/h20,22,28,31,76-77,81-82H,3-19,21,23-27,29-30,32-75H2,1-2H3,(H,80,83)/b22-20-,31-28-. The number of unbranched alkanes of at least 4 members (excludes halogenated alkanes) is 59. The van der Waals surface area contributed by atoms with Crippen LogP contribution in [0.2, 0.25) is 0 Å². The van der Waals surface area contributed by atoms with E-state index >= 15 is 0 Å². The van der Waals surface area contributed by atoms with Gasteiger partial charge in [0.25, 0.3) is 0 Å². The van der Waals surface area contributed by atoms with E-state index in [0.717, 1.165) is 44.9 Å². The zero-order valence-corrected chi connectivity index (χ0v) is 57.9. The molecular formula is C79H153NO5. The van der Waals surface area contributed by atoms with Crippen LogP contribution in [0.4, 0.5) is 0 Å². The molecule has 6 nitrogen and oxygen atoms in total. The Bertz CT molecular complexity index is 1330. The number of rotatable bonds is 74. The summed E-state index contributed by atoms with van der Waals surface area (Å²) in [5.74, 6) is -0.0207. The third-order valence-electron chi connectivity index (χ3n) is 18.5. The minimum Gasteiger partial charge on any atom is -0.466 e. The lowest BCUT2D eigenvalue weighted by Crippen LogP contribution is -2.45. The fourth-order valence-corrected chi connectivity index (χ4v) is 12.5. The van der Waals surface area contributed by atoms with Gasteiger partial charge < -0.3 is 20.3 Å². The summed E-state index contributed by atoms with van der Waals surface area (Å²) in [6.07, 6.45) is 95.4. The lowest BCUT2D eigenvalue weighted by Gasteiger charge is -2.22. The molecule has 2 unspecified atom stereocenters. The molecule has 0 radical (unpaired) electrons. The van der Waals surface area contributed by atoms with Crippen molar-refractivity contribution in [1.82, 2.24) is 5.32 Å². The molecule has 0 aromatic rings. The number of esters is 1. The van der Waals surface area contributed by atoms with Crippen LogP contribution in [0.25, 0.3) is 0 Å². The second-order valence-corrected chi connectivity index (χ2v) is 27.0. The van der Waals surface area contributed by atoms with Gasteiger partial charge in [0.2, 0.25) is 5.91 Å². The lowest BCUT2D eigenvalue weighted by atomic mass is 10.0. The third-order valence-corrected chi connectivity index (χ3v) is 18.5. The van der Waals surface area contributed by atoms with Crippen LogP contribution in [0.5, 0.6) is 0 Å². The summed E-state index contributed by atoms with van der Waals surface area (Å²) >= 11 is 0. The molecule has 0 spiro atoms. The number of carbonyl (C=O) groups is 2. The van der Waals surface area contributed by atoms with Crippen LogP contribution in [-0.4, -0.2) is 47.4 Å². The largest absolute Gasteiger partial charge is 0.466 e. The van der Waals surface area contributed by atoms with Gasteiger partial charge in [-0.2, -0.15) is 0 Å². The van der Waals surface area contributed by atoms with E-state index in [2.05, 4.69) is 43.5 Å². The Kier molecular flexibility index (Phi) is 73.3. The average Bonchev–Trinajstić information content (AvgIpc) is 3.51. The molecule has 0 saturated carbocycles. The minimum atomic E-state index is -0.668. The zero-order valence-electron chi connectivity index (χ0n) is 57.9. The van der Waals surface area contributed by atoms with Gasteiger partial charge in [-0.05, 0) is 77.0 Å². The molecule has 504 valence electrons. The molecule has 0 aliphatic carbocycles. The van der Waals surface area contributed by atoms with Crippen molar-refractivity contribution in [3.63, 3.8) is 0 Å². The first-order chi connectivity index (χ1) is 42.0. The van der Waals surface area contributed by atoms with Gasteiger partial charge >= 0.3 is 5.97 Å². The highest BCUT2D eigenvalue weighted by atomic mass is 16.5. The van der Waals surface area contributed by atoms with Gasteiger partial charge in [-0.25, -0.2) is 0 Å². The van der Waals surface area contributed by atoms with Crippen molar-refractivity contribution in [2.75, 3.05) is 13.2 Å². The molecule has 0 aliphatic heterocycles. The second-order valence-electron chi connectivity index (χ2n) is 27.0. The number of allylic oxidation sites excluding steroid dienone is 4. The van der Waals surface area contributed by atoms with Gasteiger partial charge in [-0.3, -0.25) is 9.59 Å². The summed E-state index contributed by atoms with van der Waals surface area (Å²) < 4.78 is 5.51. The maximum absolute atomic E-state index is 12.6. The molecule has 0 rings (SSSR count). The highest BCUT2D eigenvalue weighted by Gasteiger charge is 2.20. The molecule has 85 heavy (non-hydrogen) atoms. The monoisotopic (exact) mass is 1200 g/mol. The highest BCUT2D eigenvalue weighted by molar-refractivity contribution is 5.76. The molecule has 1 amide bonds. The van der Waals surface area contributed by atoms with Gasteiger partial charge in [0.1, 0.15) is 0 Å². The smallest absolute Gasteiger partial charge is 0.305 e. The van der Waals surface area contributed by atoms with Crippen molar-refractivity contribution < 1.29 is 24.5 Å². The fourth-order valence-electron chi connectivity index (χ4n) is 12.5. The minimum absolute atomic E-state index is 0.0119. The number of carbonyl (C=O) groups excluding carboxylic acids is 2. The normalized spacial score (nSPS) is 12.6. The van der Waals surface area contributed by atoms with E-state index < -0.39 is 12.1 Å². The number of hydrogen-bond acceptors (Lipinski definition) is 5. The van der Waals surface area contributed by atoms with Crippen molar-refractivity contribution in [2.45, 2.75) is 456 Å². The van der Waals surface area contributed by atoms with E-state index in [1.54, 1.807) is 0 Å². The molecule has 6 heteroatoms. The van der Waals surface area contributed by atoms with Gasteiger partial charge in [0.15, 0.2) is 0 Å². The summed E-state index contributed by atoms with van der Waals surface area (Å²) in [6, 6.07) is -0.545. The van der Waals surface area contributed by atoms with E-state index in [0.29, 0.717) is 25.9 Å². The topological polar surface area (TPSA) is 95.9 Å². The maximum atomic E-state index is 12.6. The van der Waals surface area contributed by atoms with Gasteiger partial charge in [-0.1, -0.05) is 378 Å². The zero-order chi connectivity index (χ0) is 61.3. The number of ether oxygens (including phenoxy) is 1. The van der Waals surface area contributed by atoms with Crippen LogP contribution >= 0.6 is 0 Å². The fraction of sp³-hybridized carbons (Fsp3) is 0.924. The first-order valence-electron chi connectivity index (χ1n) is 39.1. The number of aliphatic hydroxyl groups is 2. The van der Waals surface area contributed by atoms with Crippen LogP contribution in [0.15, 0.2) is 24.3 Å². The Morgan fingerprint density at radius 3 is 0.835 bits per heavy atom. The quantitative estimate of drug-likeness (QED) is 0.0320. The van der Waals surface area contributed by atoms with E-state index in [-0.39, 0.29) is 18.5 Å². The van der Waals surface area contributed by atoms with Crippen molar-refractivity contribution in [3.05, 3.63) is 24.3 Å². The number of nitrogens with one attached hydrogen (secondary N) is 1. The summed E-state index contributed by atoms with van der Waals surface area (Å²) in [4.78, 5) is 24.7. The van der Waals surface area contributed by atoms with E-state index in [1.165, 1.54) is 366 Å². The van der Waals surface area contributed by atoms with Gasteiger partial charge in [0.05, 0.1) is 25.4 Å². The van der Waals surface area contributed by atoms with Crippen LogP contribution in [0, 0.1) is 0 Å². The summed E-state index contributed by atoms with van der Waals surface area (Å²) in [5.41, 5.74) is 0. The van der Waals surface area contributed by atoms with E-state index in [1.807, 2.05) is 0 Å². The van der Waals surface area contributed by atoms with E-state index in [4.69, 9.17) is 4.74 Å². The average molecular weight is 1200 g/mol. The molecule has 0 aromatic carbocycles. The molecule has 0 aromatic heterocycles. The second kappa shape index (κ2) is 74.8. The van der Waals surface area contributed by atoms with Crippen LogP contribution < -0.4 is 5.32 Å². The molecule has 2 atom stereocenters. The maximum Gasteiger partial charge on any atom is 0.305 e. The molecule has 3 N–H and O–H groups in total. The van der Waals surface area contributed by atoms with Gasteiger partial charge in [-0.15, -0.1) is 0 Å². The van der Waals surface area contributed by atoms with Crippen LogP contribution in [-0.2, 0) is 14.3 Å². The molecule has 0 aliphatic rings. The Labute approximate surface area is 532 Å². The predicted molar refractivity (Wildman–Crippen MR) is 375 cm³/mol. The van der Waals surface area contributed by atoms with Crippen molar-refractivity contribution in [2.24, 2.45) is 0 Å². The molecular weight excluding hydrogens is 1040 g/mol. The number of amides is 1. The third kappa shape index (κ3) is 71.3. The summed E-state index contributed by atoms with van der Waals surface area (Å²) in [7, 11) is 0. The molecule has 0 fully saturated rings. The van der Waals surface area contributed by atoms with Crippen LogP contribution in [0.3, 0.4) is 0 Å². The lowest BCUT2D eigenvalue weighted by molar-refractivity contribution is -0.143. The van der Waals surface area contributed by atoms with Gasteiger partial charge in [0, 0.05) is 12.8 Å².